The van der Waals surface area contributed by atoms with Gasteiger partial charge in [-0.05, 0) is 18.6 Å². The van der Waals surface area contributed by atoms with Crippen molar-refractivity contribution in [2.45, 2.75) is 12.5 Å². The number of carbonyl (C=O) groups is 1. The van der Waals surface area contributed by atoms with E-state index in [2.05, 4.69) is 20.4 Å². The molecule has 2 aromatic heterocycles. The Balaban J connectivity index is 1.45. The SMILES string of the molecule is O=C(N[C@H]1CCN(c2ccccn2)C1)c1cnoc1-c1ccccc1. The average molecular weight is 334 g/mol. The first-order valence-corrected chi connectivity index (χ1v) is 8.28. The molecule has 0 bridgehead atoms. The van der Waals surface area contributed by atoms with Crippen LogP contribution in [0.25, 0.3) is 11.3 Å². The summed E-state index contributed by atoms with van der Waals surface area (Å²) in [5.41, 5.74) is 1.30. The van der Waals surface area contributed by atoms with Crippen LogP contribution in [0.1, 0.15) is 16.8 Å². The molecule has 1 atom stereocenters. The molecule has 25 heavy (non-hydrogen) atoms. The maximum Gasteiger partial charge on any atom is 0.257 e. The summed E-state index contributed by atoms with van der Waals surface area (Å²) >= 11 is 0. The highest BCUT2D eigenvalue weighted by molar-refractivity contribution is 5.99. The molecule has 1 aliphatic heterocycles. The molecule has 6 nitrogen and oxygen atoms in total. The van der Waals surface area contributed by atoms with E-state index in [4.69, 9.17) is 4.52 Å². The lowest BCUT2D eigenvalue weighted by molar-refractivity contribution is 0.0940. The monoisotopic (exact) mass is 334 g/mol. The molecule has 4 rings (SSSR count). The summed E-state index contributed by atoms with van der Waals surface area (Å²) in [6.07, 6.45) is 4.14. The standard InChI is InChI=1S/C19H18N4O2/c24-19(16-12-21-25-18(16)14-6-2-1-3-7-14)22-15-9-11-23(13-15)17-8-4-5-10-20-17/h1-8,10,12,15H,9,11,13H2,(H,22,24)/t15-/m0/s1. The number of carbonyl (C=O) groups excluding carboxylic acids is 1. The van der Waals surface area contributed by atoms with Crippen molar-refractivity contribution in [3.8, 4) is 11.3 Å². The van der Waals surface area contributed by atoms with Crippen LogP contribution >= 0.6 is 0 Å². The van der Waals surface area contributed by atoms with Crippen molar-refractivity contribution in [3.05, 3.63) is 66.5 Å². The predicted molar refractivity (Wildman–Crippen MR) is 94.3 cm³/mol. The van der Waals surface area contributed by atoms with E-state index in [1.807, 2.05) is 48.5 Å². The normalized spacial score (nSPS) is 16.8. The van der Waals surface area contributed by atoms with E-state index in [9.17, 15) is 4.79 Å². The third kappa shape index (κ3) is 3.24. The Bertz CT molecular complexity index is 848. The van der Waals surface area contributed by atoms with Gasteiger partial charge in [0.2, 0.25) is 0 Å². The molecule has 0 radical (unpaired) electrons. The summed E-state index contributed by atoms with van der Waals surface area (Å²) in [6, 6.07) is 15.5. The Hall–Kier alpha value is -3.15. The highest BCUT2D eigenvalue weighted by Crippen LogP contribution is 2.24. The number of pyridine rings is 1. The zero-order valence-electron chi connectivity index (χ0n) is 13.6. The Morgan fingerprint density at radius 2 is 2.00 bits per heavy atom. The molecule has 1 aliphatic rings. The lowest BCUT2D eigenvalue weighted by Crippen LogP contribution is -2.37. The molecule has 1 N–H and O–H groups in total. The van der Waals surface area contributed by atoms with Gasteiger partial charge in [0.15, 0.2) is 5.76 Å². The average Bonchev–Trinajstić information content (AvgIpc) is 3.33. The second kappa shape index (κ2) is 6.76. The van der Waals surface area contributed by atoms with E-state index in [-0.39, 0.29) is 11.9 Å². The van der Waals surface area contributed by atoms with E-state index in [1.54, 1.807) is 6.20 Å². The smallest absolute Gasteiger partial charge is 0.257 e. The van der Waals surface area contributed by atoms with Gasteiger partial charge in [-0.1, -0.05) is 41.6 Å². The van der Waals surface area contributed by atoms with Crippen molar-refractivity contribution in [2.24, 2.45) is 0 Å². The number of rotatable bonds is 4. The summed E-state index contributed by atoms with van der Waals surface area (Å²) in [7, 11) is 0. The minimum absolute atomic E-state index is 0.0769. The van der Waals surface area contributed by atoms with Crippen LogP contribution in [-0.2, 0) is 0 Å². The van der Waals surface area contributed by atoms with Gasteiger partial charge in [-0.3, -0.25) is 4.79 Å². The summed E-state index contributed by atoms with van der Waals surface area (Å²) < 4.78 is 5.30. The molecular formula is C19H18N4O2. The highest BCUT2D eigenvalue weighted by Gasteiger charge is 2.27. The number of nitrogens with one attached hydrogen (secondary N) is 1. The van der Waals surface area contributed by atoms with Crippen LogP contribution in [-0.4, -0.2) is 35.2 Å². The van der Waals surface area contributed by atoms with E-state index < -0.39 is 0 Å². The molecule has 6 heteroatoms. The molecule has 1 saturated heterocycles. The van der Waals surface area contributed by atoms with Crippen LogP contribution in [0.2, 0.25) is 0 Å². The molecule has 0 spiro atoms. The van der Waals surface area contributed by atoms with Crippen molar-refractivity contribution in [1.82, 2.24) is 15.5 Å². The molecule has 126 valence electrons. The van der Waals surface area contributed by atoms with Gasteiger partial charge in [0.1, 0.15) is 11.4 Å². The lowest BCUT2D eigenvalue weighted by atomic mass is 10.1. The Morgan fingerprint density at radius 3 is 2.80 bits per heavy atom. The zero-order valence-corrected chi connectivity index (χ0v) is 13.6. The highest BCUT2D eigenvalue weighted by atomic mass is 16.5. The van der Waals surface area contributed by atoms with Crippen molar-refractivity contribution >= 4 is 11.7 Å². The molecule has 1 amide bonds. The van der Waals surface area contributed by atoms with E-state index in [1.165, 1.54) is 6.20 Å². The maximum absolute atomic E-state index is 12.7. The molecule has 1 aromatic carbocycles. The molecule has 0 unspecified atom stereocenters. The minimum atomic E-state index is -0.159. The first-order valence-electron chi connectivity index (χ1n) is 8.28. The van der Waals surface area contributed by atoms with Gasteiger partial charge in [0.25, 0.3) is 5.91 Å². The van der Waals surface area contributed by atoms with E-state index in [0.717, 1.165) is 30.9 Å². The Labute approximate surface area is 145 Å². The fourth-order valence-electron chi connectivity index (χ4n) is 3.09. The number of amides is 1. The quantitative estimate of drug-likeness (QED) is 0.794. The van der Waals surface area contributed by atoms with Gasteiger partial charge in [-0.2, -0.15) is 0 Å². The second-order valence-electron chi connectivity index (χ2n) is 6.03. The Kier molecular flexibility index (Phi) is 4.16. The van der Waals surface area contributed by atoms with Crippen LogP contribution in [0, 0.1) is 0 Å². The van der Waals surface area contributed by atoms with Crippen molar-refractivity contribution in [2.75, 3.05) is 18.0 Å². The van der Waals surface area contributed by atoms with Crippen LogP contribution in [0.5, 0.6) is 0 Å². The van der Waals surface area contributed by atoms with Crippen LogP contribution in [0.15, 0.2) is 65.4 Å². The largest absolute Gasteiger partial charge is 0.355 e. The molecule has 0 saturated carbocycles. The van der Waals surface area contributed by atoms with E-state index >= 15 is 0 Å². The van der Waals surface area contributed by atoms with Gasteiger partial charge in [-0.15, -0.1) is 0 Å². The molecule has 1 fully saturated rings. The number of benzene rings is 1. The minimum Gasteiger partial charge on any atom is -0.355 e. The summed E-state index contributed by atoms with van der Waals surface area (Å²) in [4.78, 5) is 19.2. The van der Waals surface area contributed by atoms with Crippen molar-refractivity contribution in [1.29, 1.82) is 0 Å². The first kappa shape index (κ1) is 15.4. The van der Waals surface area contributed by atoms with Gasteiger partial charge >= 0.3 is 0 Å². The number of hydrogen-bond donors (Lipinski definition) is 1. The fraction of sp³-hybridized carbons (Fsp3) is 0.211. The topological polar surface area (TPSA) is 71.3 Å². The maximum atomic E-state index is 12.7. The zero-order chi connectivity index (χ0) is 17.1. The molecule has 3 aromatic rings. The Morgan fingerprint density at radius 1 is 1.16 bits per heavy atom. The number of anilines is 1. The predicted octanol–water partition coefficient (Wildman–Crippen LogP) is 2.75. The van der Waals surface area contributed by atoms with Gasteiger partial charge < -0.3 is 14.7 Å². The summed E-state index contributed by atoms with van der Waals surface area (Å²) in [5.74, 6) is 1.28. The van der Waals surface area contributed by atoms with Gasteiger partial charge in [0, 0.05) is 30.9 Å². The van der Waals surface area contributed by atoms with Crippen molar-refractivity contribution < 1.29 is 9.32 Å². The number of hydrogen-bond acceptors (Lipinski definition) is 5. The first-order chi connectivity index (χ1) is 12.3. The molecule has 3 heterocycles. The third-order valence-corrected chi connectivity index (χ3v) is 4.35. The van der Waals surface area contributed by atoms with Gasteiger partial charge in [-0.25, -0.2) is 4.98 Å². The van der Waals surface area contributed by atoms with Crippen LogP contribution in [0.3, 0.4) is 0 Å². The van der Waals surface area contributed by atoms with Gasteiger partial charge in [0.05, 0.1) is 6.20 Å². The molecule has 0 aliphatic carbocycles. The second-order valence-corrected chi connectivity index (χ2v) is 6.03. The summed E-state index contributed by atoms with van der Waals surface area (Å²) in [6.45, 7) is 1.62. The van der Waals surface area contributed by atoms with Crippen molar-refractivity contribution in [3.63, 3.8) is 0 Å². The number of nitrogens with zero attached hydrogens (tertiary/aromatic N) is 3. The molecular weight excluding hydrogens is 316 g/mol. The van der Waals surface area contributed by atoms with Crippen LogP contribution < -0.4 is 10.2 Å². The number of aromatic nitrogens is 2. The fourth-order valence-corrected chi connectivity index (χ4v) is 3.09. The van der Waals surface area contributed by atoms with Crippen LogP contribution in [0.4, 0.5) is 5.82 Å². The van der Waals surface area contributed by atoms with E-state index in [0.29, 0.717) is 11.3 Å². The lowest BCUT2D eigenvalue weighted by Gasteiger charge is -2.17. The summed E-state index contributed by atoms with van der Waals surface area (Å²) in [5, 5.41) is 6.88. The third-order valence-electron chi connectivity index (χ3n) is 4.35.